The lowest BCUT2D eigenvalue weighted by Gasteiger charge is -2.22. The highest BCUT2D eigenvalue weighted by Crippen LogP contribution is 2.54. The van der Waals surface area contributed by atoms with E-state index >= 15 is 0 Å². The molecule has 21 heavy (non-hydrogen) atoms. The molecule has 1 fully saturated rings. The van der Waals surface area contributed by atoms with Crippen molar-refractivity contribution < 1.29 is 9.90 Å². The van der Waals surface area contributed by atoms with Gasteiger partial charge in [0.15, 0.2) is 5.78 Å². The molecule has 3 unspecified atom stereocenters. The molecule has 0 saturated heterocycles. The van der Waals surface area contributed by atoms with Crippen molar-refractivity contribution in [1.29, 1.82) is 0 Å². The predicted molar refractivity (Wildman–Crippen MR) is 87.0 cm³/mol. The van der Waals surface area contributed by atoms with Crippen LogP contribution in [0.2, 0.25) is 0 Å². The summed E-state index contributed by atoms with van der Waals surface area (Å²) in [7, 11) is 0. The van der Waals surface area contributed by atoms with Crippen LogP contribution in [0.15, 0.2) is 34.4 Å². The van der Waals surface area contributed by atoms with Crippen molar-refractivity contribution in [2.24, 2.45) is 11.3 Å². The van der Waals surface area contributed by atoms with Gasteiger partial charge in [0.1, 0.15) is 0 Å². The molecule has 1 saturated carbocycles. The number of fused-ring (bicyclic) bond motifs is 1. The van der Waals surface area contributed by atoms with E-state index in [0.717, 1.165) is 30.4 Å². The highest BCUT2D eigenvalue weighted by Gasteiger charge is 2.51. The molecule has 0 aromatic heterocycles. The molecule has 2 heteroatoms. The summed E-state index contributed by atoms with van der Waals surface area (Å²) in [6, 6.07) is 0. The summed E-state index contributed by atoms with van der Waals surface area (Å²) in [5.74, 6) is 0.704. The first-order valence-electron chi connectivity index (χ1n) is 8.02. The first-order chi connectivity index (χ1) is 9.77. The molecule has 0 spiro atoms. The SMILES string of the molecule is CC(C)=CCC(O)C(C)=CC1=C(C)C2CCCC2(C)C1=O. The number of carbonyl (C=O) groups excluding carboxylic acids is 1. The van der Waals surface area contributed by atoms with E-state index in [4.69, 9.17) is 0 Å². The standard InChI is InChI=1S/C19H28O2/c1-12(2)8-9-17(20)13(3)11-15-14(4)16-7-6-10-19(16,5)18(15)21/h8,11,16-17,20H,6-7,9-10H2,1-5H3. The van der Waals surface area contributed by atoms with Crippen LogP contribution in [0.5, 0.6) is 0 Å². The number of aliphatic hydroxyl groups is 1. The van der Waals surface area contributed by atoms with Gasteiger partial charge >= 0.3 is 0 Å². The molecule has 1 N–H and O–H groups in total. The Morgan fingerprint density at radius 2 is 2.10 bits per heavy atom. The first kappa shape index (κ1) is 16.2. The van der Waals surface area contributed by atoms with Gasteiger partial charge in [0, 0.05) is 11.0 Å². The second-order valence-electron chi connectivity index (χ2n) is 7.21. The van der Waals surface area contributed by atoms with Crippen molar-refractivity contribution in [2.75, 3.05) is 0 Å². The normalized spacial score (nSPS) is 30.7. The zero-order valence-corrected chi connectivity index (χ0v) is 14.0. The highest BCUT2D eigenvalue weighted by atomic mass is 16.3. The molecule has 116 valence electrons. The van der Waals surface area contributed by atoms with Crippen molar-refractivity contribution in [3.8, 4) is 0 Å². The van der Waals surface area contributed by atoms with Crippen LogP contribution in [0.3, 0.4) is 0 Å². The number of ketones is 1. The van der Waals surface area contributed by atoms with E-state index in [1.165, 1.54) is 11.1 Å². The third-order valence-electron chi connectivity index (χ3n) is 5.32. The molecule has 2 rings (SSSR count). The summed E-state index contributed by atoms with van der Waals surface area (Å²) in [6.07, 6.45) is 7.38. The molecular weight excluding hydrogens is 260 g/mol. The largest absolute Gasteiger partial charge is 0.388 e. The lowest BCUT2D eigenvalue weighted by Crippen LogP contribution is -2.26. The van der Waals surface area contributed by atoms with Crippen LogP contribution in [-0.2, 0) is 4.79 Å². The van der Waals surface area contributed by atoms with Crippen LogP contribution >= 0.6 is 0 Å². The Bertz CT molecular complexity index is 532. The summed E-state index contributed by atoms with van der Waals surface area (Å²) >= 11 is 0. The van der Waals surface area contributed by atoms with Gasteiger partial charge in [-0.15, -0.1) is 0 Å². The third-order valence-corrected chi connectivity index (χ3v) is 5.32. The summed E-state index contributed by atoms with van der Waals surface area (Å²) in [4.78, 5) is 12.7. The Morgan fingerprint density at radius 3 is 2.67 bits per heavy atom. The average molecular weight is 288 g/mol. The quantitative estimate of drug-likeness (QED) is 0.781. The number of Topliss-reactive ketones (excluding diaryl/α,β-unsaturated/α-hetero) is 1. The Kier molecular flexibility index (Phi) is 4.57. The van der Waals surface area contributed by atoms with Crippen LogP contribution in [-0.4, -0.2) is 17.0 Å². The third kappa shape index (κ3) is 2.91. The van der Waals surface area contributed by atoms with E-state index in [-0.39, 0.29) is 11.2 Å². The fraction of sp³-hybridized carbons (Fsp3) is 0.632. The second kappa shape index (κ2) is 5.92. The molecule has 0 aromatic rings. The molecule has 0 heterocycles. The number of rotatable bonds is 4. The molecule has 2 aliphatic carbocycles. The first-order valence-corrected chi connectivity index (χ1v) is 8.02. The van der Waals surface area contributed by atoms with E-state index in [1.807, 2.05) is 32.9 Å². The van der Waals surface area contributed by atoms with E-state index in [0.29, 0.717) is 12.3 Å². The molecule has 0 bridgehead atoms. The van der Waals surface area contributed by atoms with E-state index in [9.17, 15) is 9.90 Å². The molecule has 0 aromatic carbocycles. The van der Waals surface area contributed by atoms with Crippen molar-refractivity contribution in [1.82, 2.24) is 0 Å². The summed E-state index contributed by atoms with van der Waals surface area (Å²) < 4.78 is 0. The molecule has 3 atom stereocenters. The Hall–Kier alpha value is -1.15. The van der Waals surface area contributed by atoms with Crippen LogP contribution in [0, 0.1) is 11.3 Å². The van der Waals surface area contributed by atoms with Gasteiger partial charge in [0.2, 0.25) is 0 Å². The van der Waals surface area contributed by atoms with E-state index in [1.54, 1.807) is 0 Å². The fourth-order valence-corrected chi connectivity index (χ4v) is 3.84. The van der Waals surface area contributed by atoms with Gasteiger partial charge in [0.25, 0.3) is 0 Å². The summed E-state index contributed by atoms with van der Waals surface area (Å²) in [5.41, 5.74) is 4.00. The van der Waals surface area contributed by atoms with Gasteiger partial charge < -0.3 is 5.11 Å². The lowest BCUT2D eigenvalue weighted by atomic mass is 9.79. The lowest BCUT2D eigenvalue weighted by molar-refractivity contribution is -0.123. The maximum absolute atomic E-state index is 12.7. The second-order valence-corrected chi connectivity index (χ2v) is 7.21. The van der Waals surface area contributed by atoms with Crippen LogP contribution < -0.4 is 0 Å². The minimum absolute atomic E-state index is 0.180. The zero-order chi connectivity index (χ0) is 15.8. The monoisotopic (exact) mass is 288 g/mol. The molecule has 0 amide bonds. The van der Waals surface area contributed by atoms with Crippen molar-refractivity contribution >= 4 is 5.78 Å². The van der Waals surface area contributed by atoms with E-state index in [2.05, 4.69) is 13.8 Å². The predicted octanol–water partition coefficient (Wildman–Crippen LogP) is 4.36. The van der Waals surface area contributed by atoms with Crippen molar-refractivity contribution in [3.05, 3.63) is 34.4 Å². The topological polar surface area (TPSA) is 37.3 Å². The van der Waals surface area contributed by atoms with Gasteiger partial charge in [0.05, 0.1) is 6.10 Å². The molecule has 0 aliphatic heterocycles. The maximum atomic E-state index is 12.7. The summed E-state index contributed by atoms with van der Waals surface area (Å²) in [6.45, 7) is 10.2. The maximum Gasteiger partial charge on any atom is 0.169 e. The van der Waals surface area contributed by atoms with Crippen molar-refractivity contribution in [3.63, 3.8) is 0 Å². The number of allylic oxidation sites excluding steroid dienone is 4. The number of hydrogen-bond acceptors (Lipinski definition) is 2. The Balaban J connectivity index is 2.22. The Labute approximate surface area is 128 Å². The van der Waals surface area contributed by atoms with Gasteiger partial charge in [-0.2, -0.15) is 0 Å². The Morgan fingerprint density at radius 1 is 1.43 bits per heavy atom. The molecule has 2 nitrogen and oxygen atoms in total. The number of aliphatic hydroxyl groups excluding tert-OH is 1. The van der Waals surface area contributed by atoms with Crippen LogP contribution in [0.1, 0.15) is 60.3 Å². The van der Waals surface area contributed by atoms with Gasteiger partial charge in [-0.25, -0.2) is 0 Å². The zero-order valence-electron chi connectivity index (χ0n) is 14.0. The molecular formula is C19H28O2. The number of hydrogen-bond donors (Lipinski definition) is 1. The molecule has 0 radical (unpaired) electrons. The summed E-state index contributed by atoms with van der Waals surface area (Å²) in [5, 5.41) is 10.2. The number of carbonyl (C=O) groups is 1. The van der Waals surface area contributed by atoms with Gasteiger partial charge in [-0.3, -0.25) is 4.79 Å². The van der Waals surface area contributed by atoms with Gasteiger partial charge in [-0.1, -0.05) is 30.6 Å². The average Bonchev–Trinajstić information content (AvgIpc) is 2.89. The van der Waals surface area contributed by atoms with Crippen molar-refractivity contribution in [2.45, 2.75) is 66.4 Å². The molecule has 2 aliphatic rings. The van der Waals surface area contributed by atoms with Gasteiger partial charge in [-0.05, 0) is 64.5 Å². The smallest absolute Gasteiger partial charge is 0.169 e. The van der Waals surface area contributed by atoms with Crippen LogP contribution in [0.4, 0.5) is 0 Å². The van der Waals surface area contributed by atoms with Crippen LogP contribution in [0.25, 0.3) is 0 Å². The minimum atomic E-state index is -0.499. The highest BCUT2D eigenvalue weighted by molar-refractivity contribution is 6.06. The minimum Gasteiger partial charge on any atom is -0.388 e. The fourth-order valence-electron chi connectivity index (χ4n) is 3.84. The van der Waals surface area contributed by atoms with E-state index < -0.39 is 6.10 Å².